The van der Waals surface area contributed by atoms with Gasteiger partial charge < -0.3 is 10.2 Å². The van der Waals surface area contributed by atoms with Crippen molar-refractivity contribution in [2.75, 3.05) is 13.6 Å². The van der Waals surface area contributed by atoms with Gasteiger partial charge in [-0.1, -0.05) is 6.08 Å². The van der Waals surface area contributed by atoms with E-state index in [4.69, 9.17) is 0 Å². The Bertz CT molecular complexity index is 335. The first kappa shape index (κ1) is 13.0. The van der Waals surface area contributed by atoms with Crippen LogP contribution in [0.25, 0.3) is 0 Å². The first-order valence-corrected chi connectivity index (χ1v) is 7.20. The molecule has 1 fully saturated rings. The second kappa shape index (κ2) is 4.65. The third-order valence-electron chi connectivity index (χ3n) is 3.65. The number of carbonyl (C=O) groups excluding carboxylic acids is 1. The first-order chi connectivity index (χ1) is 7.95. The summed E-state index contributed by atoms with van der Waals surface area (Å²) in [7, 11) is 1.89. The number of amides is 1. The van der Waals surface area contributed by atoms with E-state index in [1.54, 1.807) is 11.8 Å². The molecule has 0 radical (unpaired) electrons. The Morgan fingerprint density at radius 3 is 2.76 bits per heavy atom. The van der Waals surface area contributed by atoms with E-state index in [2.05, 4.69) is 37.6 Å². The summed E-state index contributed by atoms with van der Waals surface area (Å²) in [6.07, 6.45) is 3.34. The van der Waals surface area contributed by atoms with Crippen molar-refractivity contribution < 1.29 is 4.79 Å². The summed E-state index contributed by atoms with van der Waals surface area (Å²) in [5.41, 5.74) is -0.0841. The highest BCUT2D eigenvalue weighted by molar-refractivity contribution is 8.03. The van der Waals surface area contributed by atoms with Crippen molar-refractivity contribution in [3.05, 3.63) is 11.5 Å². The minimum absolute atomic E-state index is 0.0540. The van der Waals surface area contributed by atoms with Gasteiger partial charge in [0.25, 0.3) is 0 Å². The molecule has 1 amide bonds. The molecule has 0 spiro atoms. The van der Waals surface area contributed by atoms with Crippen molar-refractivity contribution in [2.45, 2.75) is 44.0 Å². The number of carbonyl (C=O) groups is 1. The fourth-order valence-corrected chi connectivity index (χ4v) is 4.00. The maximum atomic E-state index is 12.6. The van der Waals surface area contributed by atoms with E-state index in [1.165, 1.54) is 0 Å². The molecule has 0 aliphatic carbocycles. The van der Waals surface area contributed by atoms with Crippen LogP contribution in [0.2, 0.25) is 0 Å². The van der Waals surface area contributed by atoms with Crippen molar-refractivity contribution in [1.82, 2.24) is 10.2 Å². The normalized spacial score (nSPS) is 33.8. The van der Waals surface area contributed by atoms with Gasteiger partial charge in [-0.05, 0) is 45.6 Å². The maximum absolute atomic E-state index is 12.6. The van der Waals surface area contributed by atoms with Crippen LogP contribution in [0.4, 0.5) is 0 Å². The lowest BCUT2D eigenvalue weighted by molar-refractivity contribution is -0.137. The molecule has 0 aromatic carbocycles. The van der Waals surface area contributed by atoms with Crippen molar-refractivity contribution in [3.63, 3.8) is 0 Å². The van der Waals surface area contributed by atoms with Crippen LogP contribution in [0, 0.1) is 5.92 Å². The van der Waals surface area contributed by atoms with Crippen LogP contribution in [0.15, 0.2) is 11.5 Å². The van der Waals surface area contributed by atoms with Crippen LogP contribution in [-0.4, -0.2) is 41.2 Å². The van der Waals surface area contributed by atoms with Gasteiger partial charge in [-0.15, -0.1) is 11.8 Å². The summed E-state index contributed by atoms with van der Waals surface area (Å²) >= 11 is 1.80. The highest BCUT2D eigenvalue weighted by atomic mass is 32.2. The molecule has 3 unspecified atom stereocenters. The number of likely N-dealkylation sites (N-methyl/N-ethyl adjacent to an activating group) is 1. The van der Waals surface area contributed by atoms with E-state index in [0.717, 1.165) is 13.0 Å². The van der Waals surface area contributed by atoms with Gasteiger partial charge in [0.1, 0.15) is 0 Å². The fraction of sp³-hybridized carbons (Fsp3) is 0.769. The predicted molar refractivity (Wildman–Crippen MR) is 72.9 cm³/mol. The first-order valence-electron chi connectivity index (χ1n) is 6.26. The van der Waals surface area contributed by atoms with Crippen molar-refractivity contribution >= 4 is 17.7 Å². The van der Waals surface area contributed by atoms with Crippen LogP contribution in [-0.2, 0) is 4.79 Å². The lowest BCUT2D eigenvalue weighted by Gasteiger charge is -2.37. The average Bonchev–Trinajstić information content (AvgIpc) is 2.61. The number of likely N-dealkylation sites (tertiary alicyclic amines) is 1. The highest BCUT2D eigenvalue weighted by Crippen LogP contribution is 2.38. The standard InChI is InChI=1S/C13H22N2OS/c1-13(2,3)15-7-5-9-6-8-17-11(9)10(14-4)12(15)16/h6,8-11,14H,5,7H2,1-4H3. The molecule has 96 valence electrons. The van der Waals surface area contributed by atoms with Crippen LogP contribution < -0.4 is 5.32 Å². The molecule has 2 heterocycles. The van der Waals surface area contributed by atoms with Crippen LogP contribution in [0.3, 0.4) is 0 Å². The van der Waals surface area contributed by atoms with Gasteiger partial charge in [-0.2, -0.15) is 0 Å². The largest absolute Gasteiger partial charge is 0.336 e. The SMILES string of the molecule is CNC1C(=O)N(C(C)(C)C)CCC2C=CSC21. The number of thioether (sulfide) groups is 1. The third kappa shape index (κ3) is 2.38. The Kier molecular flexibility index (Phi) is 3.55. The van der Waals surface area contributed by atoms with Gasteiger partial charge in [0.15, 0.2) is 0 Å². The highest BCUT2D eigenvalue weighted by Gasteiger charge is 2.42. The Morgan fingerprint density at radius 1 is 1.47 bits per heavy atom. The zero-order chi connectivity index (χ0) is 12.6. The monoisotopic (exact) mass is 254 g/mol. The molecular formula is C13H22N2OS. The summed E-state index contributed by atoms with van der Waals surface area (Å²) in [5.74, 6) is 0.789. The molecule has 0 saturated carbocycles. The second-order valence-corrected chi connectivity index (χ2v) is 6.90. The zero-order valence-corrected chi connectivity index (χ0v) is 11.9. The maximum Gasteiger partial charge on any atom is 0.241 e. The average molecular weight is 254 g/mol. The molecular weight excluding hydrogens is 232 g/mol. The molecule has 2 aliphatic heterocycles. The number of rotatable bonds is 1. The Hall–Kier alpha value is -0.480. The molecule has 0 aromatic rings. The lowest BCUT2D eigenvalue weighted by atomic mass is 9.98. The van der Waals surface area contributed by atoms with Crippen molar-refractivity contribution in [2.24, 2.45) is 5.92 Å². The van der Waals surface area contributed by atoms with E-state index in [0.29, 0.717) is 11.2 Å². The molecule has 1 saturated heterocycles. The molecule has 2 rings (SSSR count). The van der Waals surface area contributed by atoms with Gasteiger partial charge in [0.05, 0.1) is 6.04 Å². The van der Waals surface area contributed by atoms with Gasteiger partial charge in [-0.3, -0.25) is 4.79 Å². The van der Waals surface area contributed by atoms with Crippen LogP contribution in [0.1, 0.15) is 27.2 Å². The minimum atomic E-state index is -0.0841. The number of hydrogen-bond acceptors (Lipinski definition) is 3. The van der Waals surface area contributed by atoms with Gasteiger partial charge >= 0.3 is 0 Å². The second-order valence-electron chi connectivity index (χ2n) is 5.81. The quantitative estimate of drug-likeness (QED) is 0.775. The third-order valence-corrected chi connectivity index (χ3v) is 4.90. The van der Waals surface area contributed by atoms with Crippen molar-refractivity contribution in [3.8, 4) is 0 Å². The summed E-state index contributed by atoms with van der Waals surface area (Å²) < 4.78 is 0. The number of nitrogens with one attached hydrogen (secondary N) is 1. The summed E-state index contributed by atoms with van der Waals surface area (Å²) in [6.45, 7) is 7.21. The predicted octanol–water partition coefficient (Wildman–Crippen LogP) is 1.85. The fourth-order valence-electron chi connectivity index (χ4n) is 2.68. The molecule has 3 atom stereocenters. The van der Waals surface area contributed by atoms with E-state index in [9.17, 15) is 4.79 Å². The number of hydrogen-bond donors (Lipinski definition) is 1. The zero-order valence-electron chi connectivity index (χ0n) is 11.1. The smallest absolute Gasteiger partial charge is 0.241 e. The van der Waals surface area contributed by atoms with Crippen molar-refractivity contribution in [1.29, 1.82) is 0 Å². The lowest BCUT2D eigenvalue weighted by Crippen LogP contribution is -2.54. The molecule has 1 N–H and O–H groups in total. The van der Waals surface area contributed by atoms with E-state index >= 15 is 0 Å². The molecule has 4 heteroatoms. The molecule has 17 heavy (non-hydrogen) atoms. The van der Waals surface area contributed by atoms with E-state index in [-0.39, 0.29) is 17.5 Å². The van der Waals surface area contributed by atoms with E-state index < -0.39 is 0 Å². The van der Waals surface area contributed by atoms with Gasteiger partial charge in [0, 0.05) is 17.3 Å². The Balaban J connectivity index is 2.26. The molecule has 0 aromatic heterocycles. The Labute approximate surface area is 108 Å². The summed E-state index contributed by atoms with van der Waals surface area (Å²) in [6, 6.07) is -0.0540. The van der Waals surface area contributed by atoms with Gasteiger partial charge in [0.2, 0.25) is 5.91 Å². The molecule has 2 aliphatic rings. The van der Waals surface area contributed by atoms with E-state index in [1.807, 2.05) is 11.9 Å². The number of fused-ring (bicyclic) bond motifs is 1. The number of allylic oxidation sites excluding steroid dienone is 1. The molecule has 0 bridgehead atoms. The summed E-state index contributed by atoms with van der Waals surface area (Å²) in [5, 5.41) is 5.74. The Morgan fingerprint density at radius 2 is 2.18 bits per heavy atom. The van der Waals surface area contributed by atoms with Gasteiger partial charge in [-0.25, -0.2) is 0 Å². The van der Waals surface area contributed by atoms with Crippen LogP contribution >= 0.6 is 11.8 Å². The topological polar surface area (TPSA) is 32.3 Å². The van der Waals surface area contributed by atoms with Crippen LogP contribution in [0.5, 0.6) is 0 Å². The number of nitrogens with zero attached hydrogens (tertiary/aromatic N) is 1. The minimum Gasteiger partial charge on any atom is -0.336 e. The summed E-state index contributed by atoms with van der Waals surface area (Å²) in [4.78, 5) is 14.6. The molecule has 3 nitrogen and oxygen atoms in total.